The first-order valence-electron chi connectivity index (χ1n) is 8.70. The van der Waals surface area contributed by atoms with Crippen LogP contribution < -0.4 is 5.32 Å². The largest absolute Gasteiger partial charge is 0.360 e. The Bertz CT molecular complexity index is 951. The van der Waals surface area contributed by atoms with Crippen LogP contribution in [0.5, 0.6) is 0 Å². The third-order valence-electron chi connectivity index (χ3n) is 4.70. The lowest BCUT2D eigenvalue weighted by Crippen LogP contribution is -2.44. The molecule has 1 N–H and O–H groups in total. The quantitative estimate of drug-likeness (QED) is 0.859. The Labute approximate surface area is 157 Å². The number of piperidine rings is 1. The Morgan fingerprint density at radius 2 is 2.07 bits per heavy atom. The molecule has 1 fully saturated rings. The number of rotatable bonds is 4. The monoisotopic (exact) mass is 395 g/mol. The maximum Gasteiger partial charge on any atom is 0.248 e. The molecule has 0 radical (unpaired) electrons. The second kappa shape index (κ2) is 7.40. The molecule has 1 aromatic heterocycles. The molecule has 0 unspecified atom stereocenters. The van der Waals surface area contributed by atoms with Gasteiger partial charge in [-0.2, -0.15) is 4.31 Å². The van der Waals surface area contributed by atoms with E-state index >= 15 is 0 Å². The number of aryl methyl sites for hydroxylation is 3. The van der Waals surface area contributed by atoms with Gasteiger partial charge in [0.1, 0.15) is 16.4 Å². The second-order valence-corrected chi connectivity index (χ2v) is 8.70. The van der Waals surface area contributed by atoms with Crippen LogP contribution in [0.25, 0.3) is 0 Å². The Hall–Kier alpha value is -2.26. The molecule has 1 aliphatic heterocycles. The number of carbonyl (C=O) groups is 1. The lowest BCUT2D eigenvalue weighted by atomic mass is 9.98. The second-order valence-electron chi connectivity index (χ2n) is 6.83. The van der Waals surface area contributed by atoms with Crippen molar-refractivity contribution in [3.05, 3.63) is 41.0 Å². The van der Waals surface area contributed by atoms with Crippen LogP contribution in [0.4, 0.5) is 10.1 Å². The highest BCUT2D eigenvalue weighted by Gasteiger charge is 2.36. The van der Waals surface area contributed by atoms with Gasteiger partial charge in [0, 0.05) is 13.1 Å². The summed E-state index contributed by atoms with van der Waals surface area (Å²) in [7, 11) is -3.81. The summed E-state index contributed by atoms with van der Waals surface area (Å²) in [5, 5.41) is 6.27. The minimum atomic E-state index is -3.81. The highest BCUT2D eigenvalue weighted by molar-refractivity contribution is 7.89. The fourth-order valence-corrected chi connectivity index (χ4v) is 5.12. The van der Waals surface area contributed by atoms with Crippen LogP contribution in [0, 0.1) is 32.5 Å². The lowest BCUT2D eigenvalue weighted by Gasteiger charge is -2.31. The summed E-state index contributed by atoms with van der Waals surface area (Å²) in [6.07, 6.45) is 1.07. The fourth-order valence-electron chi connectivity index (χ4n) is 3.30. The summed E-state index contributed by atoms with van der Waals surface area (Å²) in [5.41, 5.74) is 1.14. The van der Waals surface area contributed by atoms with E-state index < -0.39 is 27.7 Å². The standard InChI is InChI=1S/C18H22FN3O4S/c1-11-6-7-16(15(19)9-11)20-18(23)14-5-4-8-22(10-14)27(24,25)17-12(2)21-26-13(17)3/h6-7,9,14H,4-5,8,10H2,1-3H3,(H,20,23)/t14-/m1/s1. The van der Waals surface area contributed by atoms with E-state index in [4.69, 9.17) is 4.52 Å². The van der Waals surface area contributed by atoms with Gasteiger partial charge >= 0.3 is 0 Å². The number of halogens is 1. The van der Waals surface area contributed by atoms with Crippen molar-refractivity contribution >= 4 is 21.6 Å². The van der Waals surface area contributed by atoms with Crippen LogP contribution in [0.15, 0.2) is 27.6 Å². The molecule has 7 nitrogen and oxygen atoms in total. The minimum absolute atomic E-state index is 0.0334. The van der Waals surface area contributed by atoms with E-state index in [1.54, 1.807) is 26.8 Å². The van der Waals surface area contributed by atoms with Gasteiger partial charge in [0.15, 0.2) is 5.76 Å². The molecule has 27 heavy (non-hydrogen) atoms. The molecule has 0 saturated carbocycles. The first-order valence-corrected chi connectivity index (χ1v) is 10.1. The number of benzene rings is 1. The van der Waals surface area contributed by atoms with E-state index in [1.165, 1.54) is 16.4 Å². The Morgan fingerprint density at radius 1 is 1.33 bits per heavy atom. The Morgan fingerprint density at radius 3 is 2.70 bits per heavy atom. The maximum absolute atomic E-state index is 14.0. The number of hydrogen-bond donors (Lipinski definition) is 1. The predicted octanol–water partition coefficient (Wildman–Crippen LogP) is 2.78. The highest BCUT2D eigenvalue weighted by atomic mass is 32.2. The van der Waals surface area contributed by atoms with Crippen molar-refractivity contribution in [3.8, 4) is 0 Å². The van der Waals surface area contributed by atoms with Crippen LogP contribution in [-0.2, 0) is 14.8 Å². The molecule has 1 saturated heterocycles. The van der Waals surface area contributed by atoms with Crippen molar-refractivity contribution in [3.63, 3.8) is 0 Å². The number of anilines is 1. The SMILES string of the molecule is Cc1ccc(NC(=O)[C@@H]2CCCN(S(=O)(=O)c3c(C)noc3C)C2)c(F)c1. The van der Waals surface area contributed by atoms with Crippen LogP contribution in [0.3, 0.4) is 0 Å². The highest BCUT2D eigenvalue weighted by Crippen LogP contribution is 2.28. The average Bonchev–Trinajstić information content (AvgIpc) is 2.96. The molecule has 1 aromatic carbocycles. The van der Waals surface area contributed by atoms with Gasteiger partial charge in [0.2, 0.25) is 15.9 Å². The zero-order valence-corrected chi connectivity index (χ0v) is 16.3. The maximum atomic E-state index is 14.0. The molecular formula is C18H22FN3O4S. The van der Waals surface area contributed by atoms with Crippen LogP contribution in [0.1, 0.15) is 29.9 Å². The van der Waals surface area contributed by atoms with Crippen LogP contribution in [-0.4, -0.2) is 36.9 Å². The van der Waals surface area contributed by atoms with Gasteiger partial charge < -0.3 is 9.84 Å². The average molecular weight is 395 g/mol. The molecular weight excluding hydrogens is 373 g/mol. The zero-order chi connectivity index (χ0) is 19.8. The van der Waals surface area contributed by atoms with Gasteiger partial charge in [-0.25, -0.2) is 12.8 Å². The molecule has 2 aromatic rings. The molecule has 0 aliphatic carbocycles. The first-order chi connectivity index (χ1) is 12.7. The molecule has 9 heteroatoms. The molecule has 1 amide bonds. The van der Waals surface area contributed by atoms with Crippen LogP contribution in [0.2, 0.25) is 0 Å². The summed E-state index contributed by atoms with van der Waals surface area (Å²) in [6.45, 7) is 5.22. The van der Waals surface area contributed by atoms with Gasteiger partial charge in [-0.15, -0.1) is 0 Å². The molecule has 0 spiro atoms. The van der Waals surface area contributed by atoms with Gasteiger partial charge in [0.25, 0.3) is 0 Å². The smallest absolute Gasteiger partial charge is 0.248 e. The fraction of sp³-hybridized carbons (Fsp3) is 0.444. The third kappa shape index (κ3) is 3.89. The molecule has 2 heterocycles. The van der Waals surface area contributed by atoms with Crippen molar-refractivity contribution in [2.75, 3.05) is 18.4 Å². The van der Waals surface area contributed by atoms with E-state index in [2.05, 4.69) is 10.5 Å². The number of hydrogen-bond acceptors (Lipinski definition) is 5. The first kappa shape index (κ1) is 19.5. The lowest BCUT2D eigenvalue weighted by molar-refractivity contribution is -0.120. The van der Waals surface area contributed by atoms with E-state index in [-0.39, 0.29) is 22.9 Å². The number of sulfonamides is 1. The minimum Gasteiger partial charge on any atom is -0.360 e. The summed E-state index contributed by atoms with van der Waals surface area (Å²) >= 11 is 0. The molecule has 0 bridgehead atoms. The third-order valence-corrected chi connectivity index (χ3v) is 6.81. The number of nitrogens with zero attached hydrogens (tertiary/aromatic N) is 2. The van der Waals surface area contributed by atoms with Gasteiger partial charge in [-0.3, -0.25) is 4.79 Å². The van der Waals surface area contributed by atoms with E-state index in [1.807, 2.05) is 0 Å². The van der Waals surface area contributed by atoms with Crippen molar-refractivity contribution in [2.45, 2.75) is 38.5 Å². The van der Waals surface area contributed by atoms with Crippen molar-refractivity contribution < 1.29 is 22.1 Å². The topological polar surface area (TPSA) is 92.5 Å². The molecule has 146 valence electrons. The summed E-state index contributed by atoms with van der Waals surface area (Å²) < 4.78 is 46.1. The van der Waals surface area contributed by atoms with Crippen LogP contribution >= 0.6 is 0 Å². The van der Waals surface area contributed by atoms with E-state index in [9.17, 15) is 17.6 Å². The van der Waals surface area contributed by atoms with Crippen molar-refractivity contribution in [1.82, 2.24) is 9.46 Å². The van der Waals surface area contributed by atoms with Crippen molar-refractivity contribution in [2.24, 2.45) is 5.92 Å². The van der Waals surface area contributed by atoms with E-state index in [0.717, 1.165) is 5.56 Å². The van der Waals surface area contributed by atoms with E-state index in [0.29, 0.717) is 25.1 Å². The Balaban J connectivity index is 1.76. The number of carbonyl (C=O) groups excluding carboxylic acids is 1. The Kier molecular flexibility index (Phi) is 5.34. The van der Waals surface area contributed by atoms with Gasteiger partial charge in [-0.1, -0.05) is 11.2 Å². The molecule has 1 aliphatic rings. The summed E-state index contributed by atoms with van der Waals surface area (Å²) in [5.74, 6) is -1.24. The summed E-state index contributed by atoms with van der Waals surface area (Å²) in [4.78, 5) is 12.6. The van der Waals surface area contributed by atoms with Crippen molar-refractivity contribution in [1.29, 1.82) is 0 Å². The number of nitrogens with one attached hydrogen (secondary N) is 1. The molecule has 3 rings (SSSR count). The predicted molar refractivity (Wildman–Crippen MR) is 97.2 cm³/mol. The zero-order valence-electron chi connectivity index (χ0n) is 15.5. The van der Waals surface area contributed by atoms with Gasteiger partial charge in [0.05, 0.1) is 11.6 Å². The summed E-state index contributed by atoms with van der Waals surface area (Å²) in [6, 6.07) is 4.54. The molecule has 1 atom stereocenters. The number of amides is 1. The normalized spacial score (nSPS) is 18.4. The van der Waals surface area contributed by atoms with Gasteiger partial charge in [-0.05, 0) is 51.3 Å². The number of aromatic nitrogens is 1.